The average molecular weight is 293 g/mol. The van der Waals surface area contributed by atoms with Crippen molar-refractivity contribution < 1.29 is 9.53 Å². The largest absolute Gasteiger partial charge is 0.370 e. The highest BCUT2D eigenvalue weighted by atomic mass is 35.5. The van der Waals surface area contributed by atoms with Crippen molar-refractivity contribution in [2.45, 2.75) is 18.6 Å². The first-order valence-electron chi connectivity index (χ1n) is 6.46. The molecule has 1 saturated heterocycles. The molecule has 20 heavy (non-hydrogen) atoms. The van der Waals surface area contributed by atoms with Crippen molar-refractivity contribution in [1.29, 1.82) is 0 Å². The number of carbonyl (C=O) groups excluding carboxylic acids is 1. The lowest BCUT2D eigenvalue weighted by Crippen LogP contribution is -2.49. The van der Waals surface area contributed by atoms with Gasteiger partial charge in [-0.25, -0.2) is 0 Å². The van der Waals surface area contributed by atoms with Gasteiger partial charge >= 0.3 is 0 Å². The van der Waals surface area contributed by atoms with Gasteiger partial charge in [0.25, 0.3) is 0 Å². The molecule has 0 spiro atoms. The molecular weight excluding hydrogens is 276 g/mol. The second-order valence-electron chi connectivity index (χ2n) is 4.71. The lowest BCUT2D eigenvalue weighted by molar-refractivity contribution is -0.140. The highest BCUT2D eigenvalue weighted by Gasteiger charge is 2.28. The van der Waals surface area contributed by atoms with Crippen LogP contribution in [0.25, 0.3) is 0 Å². The molecule has 2 rings (SSSR count). The fourth-order valence-electron chi connectivity index (χ4n) is 2.18. The van der Waals surface area contributed by atoms with Crippen LogP contribution in [0.2, 0.25) is 5.02 Å². The van der Waals surface area contributed by atoms with Crippen LogP contribution in [0.15, 0.2) is 24.3 Å². The molecule has 2 N–H and O–H groups in total. The maximum atomic E-state index is 12.1. The average Bonchev–Trinajstić information content (AvgIpc) is 2.47. The topological polar surface area (TPSA) is 55.6 Å². The Morgan fingerprint density at radius 1 is 1.55 bits per heavy atom. The van der Waals surface area contributed by atoms with Gasteiger partial charge < -0.3 is 15.4 Å². The number of ether oxygens (including phenoxy) is 1. The molecule has 1 aliphatic rings. The zero-order valence-electron chi connectivity index (χ0n) is 11.1. The van der Waals surface area contributed by atoms with Gasteiger partial charge in [-0.15, -0.1) is 12.3 Å². The molecule has 106 valence electrons. The number of terminal acetylenes is 1. The summed E-state index contributed by atoms with van der Waals surface area (Å²) in [6.45, 7) is 1.52. The van der Waals surface area contributed by atoms with E-state index >= 15 is 0 Å². The van der Waals surface area contributed by atoms with E-state index in [0.29, 0.717) is 24.7 Å². The van der Waals surface area contributed by atoms with Gasteiger partial charge in [-0.05, 0) is 17.7 Å². The Kier molecular flexibility index (Phi) is 5.02. The summed E-state index contributed by atoms with van der Waals surface area (Å²) in [5.74, 6) is 2.30. The first-order chi connectivity index (χ1) is 9.61. The predicted molar refractivity (Wildman–Crippen MR) is 78.2 cm³/mol. The molecule has 1 fully saturated rings. The van der Waals surface area contributed by atoms with E-state index in [2.05, 4.69) is 5.92 Å². The summed E-state index contributed by atoms with van der Waals surface area (Å²) < 4.78 is 5.71. The van der Waals surface area contributed by atoms with Gasteiger partial charge in [0.1, 0.15) is 6.10 Å². The molecule has 1 amide bonds. The number of benzene rings is 1. The zero-order chi connectivity index (χ0) is 14.5. The minimum Gasteiger partial charge on any atom is -0.370 e. The van der Waals surface area contributed by atoms with Gasteiger partial charge in [0.05, 0.1) is 19.2 Å². The summed E-state index contributed by atoms with van der Waals surface area (Å²) in [6, 6.07) is 6.80. The minimum atomic E-state index is -0.635. The van der Waals surface area contributed by atoms with Crippen LogP contribution in [0.5, 0.6) is 0 Å². The number of nitrogens with zero attached hydrogens (tertiary/aromatic N) is 1. The molecule has 0 aliphatic carbocycles. The monoisotopic (exact) mass is 292 g/mol. The Morgan fingerprint density at radius 2 is 2.25 bits per heavy atom. The lowest BCUT2D eigenvalue weighted by Gasteiger charge is -2.34. The number of morpholine rings is 1. The fraction of sp³-hybridized carbons (Fsp3) is 0.400. The second-order valence-corrected chi connectivity index (χ2v) is 5.15. The van der Waals surface area contributed by atoms with Crippen molar-refractivity contribution >= 4 is 17.5 Å². The third-order valence-corrected chi connectivity index (χ3v) is 3.53. The quantitative estimate of drug-likeness (QED) is 0.861. The third kappa shape index (κ3) is 3.51. The molecule has 4 nitrogen and oxygen atoms in total. The lowest BCUT2D eigenvalue weighted by atomic mass is 10.1. The van der Waals surface area contributed by atoms with Crippen molar-refractivity contribution in [3.05, 3.63) is 34.9 Å². The number of rotatable bonds is 3. The highest BCUT2D eigenvalue weighted by molar-refractivity contribution is 6.30. The molecule has 0 bridgehead atoms. The highest BCUT2D eigenvalue weighted by Crippen LogP contribution is 2.24. The molecular formula is C15H17ClN2O2. The van der Waals surface area contributed by atoms with Gasteiger partial charge in [0.2, 0.25) is 5.91 Å². The number of carbonyl (C=O) groups is 1. The van der Waals surface area contributed by atoms with E-state index in [1.54, 1.807) is 4.90 Å². The summed E-state index contributed by atoms with van der Waals surface area (Å²) >= 11 is 5.87. The van der Waals surface area contributed by atoms with Crippen LogP contribution < -0.4 is 5.73 Å². The molecule has 0 saturated carbocycles. The van der Waals surface area contributed by atoms with Crippen molar-refractivity contribution in [1.82, 2.24) is 4.90 Å². The normalized spacial score (nSPS) is 20.2. The summed E-state index contributed by atoms with van der Waals surface area (Å²) in [6.07, 6.45) is 5.29. The van der Waals surface area contributed by atoms with E-state index < -0.39 is 6.04 Å². The molecule has 2 unspecified atom stereocenters. The molecule has 1 heterocycles. The van der Waals surface area contributed by atoms with E-state index in [1.807, 2.05) is 24.3 Å². The van der Waals surface area contributed by atoms with Gasteiger partial charge in [-0.2, -0.15) is 0 Å². The summed E-state index contributed by atoms with van der Waals surface area (Å²) in [4.78, 5) is 13.9. The zero-order valence-corrected chi connectivity index (χ0v) is 11.8. The standard InChI is InChI=1S/C15H17ClN2O2/c1-2-3-13(17)15(19)18-8-9-20-14(10-18)11-4-6-12(16)7-5-11/h1,4-7,13-14H,3,8-10,17H2. The van der Waals surface area contributed by atoms with Crippen molar-refractivity contribution in [3.63, 3.8) is 0 Å². The van der Waals surface area contributed by atoms with Crippen LogP contribution in [-0.4, -0.2) is 36.5 Å². The predicted octanol–water partition coefficient (Wildman–Crippen LogP) is 1.59. The maximum absolute atomic E-state index is 12.1. The number of amides is 1. The number of hydrogen-bond donors (Lipinski definition) is 1. The van der Waals surface area contributed by atoms with E-state index in [1.165, 1.54) is 0 Å². The van der Waals surface area contributed by atoms with Crippen LogP contribution in [-0.2, 0) is 9.53 Å². The third-order valence-electron chi connectivity index (χ3n) is 3.27. The SMILES string of the molecule is C#CCC(N)C(=O)N1CCOC(c2ccc(Cl)cc2)C1. The van der Waals surface area contributed by atoms with Gasteiger partial charge in [0.15, 0.2) is 0 Å². The van der Waals surface area contributed by atoms with E-state index in [9.17, 15) is 4.79 Å². The second kappa shape index (κ2) is 6.76. The van der Waals surface area contributed by atoms with Crippen molar-refractivity contribution in [2.75, 3.05) is 19.7 Å². The Labute approximate surface area is 123 Å². The molecule has 1 aromatic rings. The Morgan fingerprint density at radius 3 is 2.90 bits per heavy atom. The number of halogens is 1. The first kappa shape index (κ1) is 14.9. The van der Waals surface area contributed by atoms with E-state index in [4.69, 9.17) is 28.5 Å². The van der Waals surface area contributed by atoms with Gasteiger partial charge in [-0.3, -0.25) is 4.79 Å². The van der Waals surface area contributed by atoms with Crippen LogP contribution >= 0.6 is 11.6 Å². The van der Waals surface area contributed by atoms with Gasteiger partial charge in [0, 0.05) is 18.0 Å². The number of nitrogens with two attached hydrogens (primary N) is 1. The Hall–Kier alpha value is -1.54. The van der Waals surface area contributed by atoms with Crippen LogP contribution in [0, 0.1) is 12.3 Å². The fourth-order valence-corrected chi connectivity index (χ4v) is 2.30. The van der Waals surface area contributed by atoms with Crippen molar-refractivity contribution in [3.8, 4) is 12.3 Å². The molecule has 5 heteroatoms. The summed E-state index contributed by atoms with van der Waals surface area (Å²) in [5.41, 5.74) is 6.77. The summed E-state index contributed by atoms with van der Waals surface area (Å²) in [7, 11) is 0. The van der Waals surface area contributed by atoms with Gasteiger partial charge in [-0.1, -0.05) is 23.7 Å². The minimum absolute atomic E-state index is 0.120. The van der Waals surface area contributed by atoms with Crippen LogP contribution in [0.1, 0.15) is 18.1 Å². The summed E-state index contributed by atoms with van der Waals surface area (Å²) in [5, 5.41) is 0.675. The molecule has 0 radical (unpaired) electrons. The van der Waals surface area contributed by atoms with E-state index in [-0.39, 0.29) is 18.4 Å². The number of hydrogen-bond acceptors (Lipinski definition) is 3. The maximum Gasteiger partial charge on any atom is 0.240 e. The van der Waals surface area contributed by atoms with Crippen molar-refractivity contribution in [2.24, 2.45) is 5.73 Å². The molecule has 1 aliphatic heterocycles. The van der Waals surface area contributed by atoms with Crippen LogP contribution in [0.4, 0.5) is 0 Å². The molecule has 1 aromatic carbocycles. The Balaban J connectivity index is 2.03. The Bertz CT molecular complexity index is 510. The first-order valence-corrected chi connectivity index (χ1v) is 6.84. The smallest absolute Gasteiger partial charge is 0.240 e. The van der Waals surface area contributed by atoms with Crippen LogP contribution in [0.3, 0.4) is 0 Å². The molecule has 0 aromatic heterocycles. The molecule has 2 atom stereocenters. The van der Waals surface area contributed by atoms with E-state index in [0.717, 1.165) is 5.56 Å².